The number of carboxylic acid groups (broad SMARTS) is 1. The van der Waals surface area contributed by atoms with Crippen molar-refractivity contribution >= 4 is 36.9 Å². The van der Waals surface area contributed by atoms with Gasteiger partial charge in [0.2, 0.25) is 0 Å². The van der Waals surface area contributed by atoms with E-state index in [-0.39, 0.29) is 23.7 Å². The third kappa shape index (κ3) is 3.75. The van der Waals surface area contributed by atoms with Crippen molar-refractivity contribution < 1.29 is 24.3 Å². The molecule has 6 nitrogen and oxygen atoms in total. The predicted octanol–water partition coefficient (Wildman–Crippen LogP) is 2.03. The minimum Gasteiger partial charge on any atom is -0.477 e. The van der Waals surface area contributed by atoms with E-state index in [1.807, 2.05) is 0 Å². The van der Waals surface area contributed by atoms with Crippen LogP contribution >= 0.6 is 20.0 Å². The lowest BCUT2D eigenvalue weighted by Crippen LogP contribution is -2.03. The molecule has 1 aromatic carbocycles. The molecule has 3 N–H and O–H groups in total. The molecule has 0 bridgehead atoms. The fourth-order valence-corrected chi connectivity index (χ4v) is 2.42. The van der Waals surface area contributed by atoms with E-state index in [2.05, 4.69) is 4.98 Å². The largest absolute Gasteiger partial charge is 0.477 e. The molecular formula is C11H11ClNO5P. The molecule has 19 heavy (non-hydrogen) atoms. The van der Waals surface area contributed by atoms with Gasteiger partial charge in [-0.15, -0.1) is 12.4 Å². The molecule has 0 unspecified atom stereocenters. The Bertz CT molecular complexity index is 669. The Morgan fingerprint density at radius 2 is 1.89 bits per heavy atom. The number of para-hydroxylation sites is 1. The van der Waals surface area contributed by atoms with Crippen LogP contribution in [-0.2, 0) is 10.7 Å². The fourth-order valence-electron chi connectivity index (χ4n) is 1.71. The number of carboxylic acids is 1. The normalized spacial score (nSPS) is 11.1. The van der Waals surface area contributed by atoms with Gasteiger partial charge in [0.1, 0.15) is 5.69 Å². The number of benzene rings is 1. The monoisotopic (exact) mass is 303 g/mol. The summed E-state index contributed by atoms with van der Waals surface area (Å²) < 4.78 is 11.1. The van der Waals surface area contributed by atoms with E-state index in [4.69, 9.17) is 14.9 Å². The Morgan fingerprint density at radius 3 is 2.47 bits per heavy atom. The average molecular weight is 304 g/mol. The van der Waals surface area contributed by atoms with Crippen LogP contribution in [0.2, 0.25) is 0 Å². The van der Waals surface area contributed by atoms with E-state index in [1.165, 1.54) is 6.07 Å². The second-order valence-corrected chi connectivity index (χ2v) is 5.46. The van der Waals surface area contributed by atoms with Crippen molar-refractivity contribution in [2.45, 2.75) is 6.16 Å². The van der Waals surface area contributed by atoms with Crippen molar-refractivity contribution in [3.05, 3.63) is 41.6 Å². The number of aromatic nitrogens is 1. The zero-order chi connectivity index (χ0) is 13.3. The van der Waals surface area contributed by atoms with Gasteiger partial charge >= 0.3 is 13.6 Å². The number of aromatic carboxylic acids is 1. The lowest BCUT2D eigenvalue weighted by atomic mass is 10.1. The maximum absolute atomic E-state index is 11.1. The summed E-state index contributed by atoms with van der Waals surface area (Å²) in [6.45, 7) is 0. The van der Waals surface area contributed by atoms with Gasteiger partial charge in [-0.2, -0.15) is 0 Å². The van der Waals surface area contributed by atoms with E-state index in [1.54, 1.807) is 24.3 Å². The summed E-state index contributed by atoms with van der Waals surface area (Å²) in [6.07, 6.45) is -0.504. The SMILES string of the molecule is Cl.O=C(O)c1cc(CP(=O)(O)O)c2ccccc2n1. The van der Waals surface area contributed by atoms with E-state index in [0.717, 1.165) is 0 Å². The zero-order valence-corrected chi connectivity index (χ0v) is 11.3. The average Bonchev–Trinajstić information content (AvgIpc) is 2.26. The highest BCUT2D eigenvalue weighted by atomic mass is 35.5. The van der Waals surface area contributed by atoms with Crippen LogP contribution in [0.25, 0.3) is 10.9 Å². The number of hydrogen-bond acceptors (Lipinski definition) is 3. The van der Waals surface area contributed by atoms with Gasteiger partial charge < -0.3 is 14.9 Å². The topological polar surface area (TPSA) is 108 Å². The Hall–Kier alpha value is -1.46. The van der Waals surface area contributed by atoms with Gasteiger partial charge in [0.05, 0.1) is 11.7 Å². The molecule has 0 saturated heterocycles. The summed E-state index contributed by atoms with van der Waals surface area (Å²) in [5.74, 6) is -1.23. The van der Waals surface area contributed by atoms with Crippen LogP contribution in [-0.4, -0.2) is 25.8 Å². The molecule has 0 atom stereocenters. The molecule has 102 valence electrons. The van der Waals surface area contributed by atoms with Gasteiger partial charge in [-0.1, -0.05) is 18.2 Å². The molecule has 0 saturated carbocycles. The van der Waals surface area contributed by atoms with Crippen LogP contribution in [0.1, 0.15) is 16.1 Å². The molecule has 1 aromatic heterocycles. The van der Waals surface area contributed by atoms with E-state index in [0.29, 0.717) is 10.9 Å². The smallest absolute Gasteiger partial charge is 0.354 e. The second kappa shape index (κ2) is 5.67. The maximum Gasteiger partial charge on any atom is 0.354 e. The number of fused-ring (bicyclic) bond motifs is 1. The molecular weight excluding hydrogens is 293 g/mol. The van der Waals surface area contributed by atoms with Crippen molar-refractivity contribution in [1.29, 1.82) is 0 Å². The molecule has 8 heteroatoms. The molecule has 0 radical (unpaired) electrons. The van der Waals surface area contributed by atoms with Gasteiger partial charge in [-0.3, -0.25) is 4.57 Å². The lowest BCUT2D eigenvalue weighted by molar-refractivity contribution is 0.0690. The highest BCUT2D eigenvalue weighted by molar-refractivity contribution is 7.50. The van der Waals surface area contributed by atoms with Crippen LogP contribution in [0, 0.1) is 0 Å². The first-order valence-electron chi connectivity index (χ1n) is 5.03. The number of pyridine rings is 1. The Morgan fingerprint density at radius 1 is 1.26 bits per heavy atom. The minimum absolute atomic E-state index is 0. The Kier molecular flexibility index (Phi) is 4.66. The second-order valence-electron chi connectivity index (χ2n) is 3.81. The summed E-state index contributed by atoms with van der Waals surface area (Å²) >= 11 is 0. The van der Waals surface area contributed by atoms with E-state index in [9.17, 15) is 9.36 Å². The number of nitrogens with zero attached hydrogens (tertiary/aromatic N) is 1. The van der Waals surface area contributed by atoms with Crippen molar-refractivity contribution in [2.24, 2.45) is 0 Å². The summed E-state index contributed by atoms with van der Waals surface area (Å²) in [7, 11) is -4.26. The van der Waals surface area contributed by atoms with E-state index < -0.39 is 19.7 Å². The van der Waals surface area contributed by atoms with Crippen molar-refractivity contribution in [3.63, 3.8) is 0 Å². The molecule has 0 aliphatic rings. The van der Waals surface area contributed by atoms with Crippen molar-refractivity contribution in [3.8, 4) is 0 Å². The highest BCUT2D eigenvalue weighted by Gasteiger charge is 2.18. The van der Waals surface area contributed by atoms with Gasteiger partial charge in [0.15, 0.2) is 0 Å². The van der Waals surface area contributed by atoms with Crippen LogP contribution < -0.4 is 0 Å². The van der Waals surface area contributed by atoms with Crippen molar-refractivity contribution in [2.75, 3.05) is 0 Å². The summed E-state index contributed by atoms with van der Waals surface area (Å²) in [6, 6.07) is 7.84. The molecule has 0 fully saturated rings. The zero-order valence-electron chi connectivity index (χ0n) is 9.55. The molecule has 0 aliphatic heterocycles. The van der Waals surface area contributed by atoms with E-state index >= 15 is 0 Å². The van der Waals surface area contributed by atoms with Crippen LogP contribution in [0.4, 0.5) is 0 Å². The van der Waals surface area contributed by atoms with Gasteiger partial charge in [0, 0.05) is 5.39 Å². The van der Waals surface area contributed by atoms with Crippen molar-refractivity contribution in [1.82, 2.24) is 4.98 Å². The molecule has 0 aliphatic carbocycles. The molecule has 2 rings (SSSR count). The van der Waals surface area contributed by atoms with Gasteiger partial charge in [0.25, 0.3) is 0 Å². The number of hydrogen-bond donors (Lipinski definition) is 3. The number of carbonyl (C=O) groups is 1. The van der Waals surface area contributed by atoms with Gasteiger partial charge in [-0.05, 0) is 17.7 Å². The third-order valence-corrected chi connectivity index (χ3v) is 3.15. The lowest BCUT2D eigenvalue weighted by Gasteiger charge is -2.08. The summed E-state index contributed by atoms with van der Waals surface area (Å²) in [5, 5.41) is 9.46. The maximum atomic E-state index is 11.1. The predicted molar refractivity (Wildman–Crippen MR) is 71.7 cm³/mol. The van der Waals surface area contributed by atoms with Crippen LogP contribution in [0.15, 0.2) is 30.3 Å². The minimum atomic E-state index is -4.26. The number of rotatable bonds is 3. The fraction of sp³-hybridized carbons (Fsp3) is 0.0909. The Balaban J connectivity index is 0.00000180. The molecule has 1 heterocycles. The first-order valence-corrected chi connectivity index (χ1v) is 6.83. The van der Waals surface area contributed by atoms with Gasteiger partial charge in [-0.25, -0.2) is 9.78 Å². The number of halogens is 1. The first kappa shape index (κ1) is 15.6. The summed E-state index contributed by atoms with van der Waals surface area (Å²) in [4.78, 5) is 32.8. The quantitative estimate of drug-likeness (QED) is 0.749. The van der Waals surface area contributed by atoms with Crippen LogP contribution in [0.3, 0.4) is 0 Å². The third-order valence-electron chi connectivity index (χ3n) is 2.40. The highest BCUT2D eigenvalue weighted by Crippen LogP contribution is 2.40. The van der Waals surface area contributed by atoms with Crippen LogP contribution in [0.5, 0.6) is 0 Å². The Labute approximate surface area is 114 Å². The standard InChI is InChI=1S/C11H10NO5P.ClH/c13-11(14)10-5-7(6-18(15,16)17)8-3-1-2-4-9(8)12-10;/h1-5H,6H2,(H,13,14)(H2,15,16,17);1H. The summed E-state index contributed by atoms with van der Waals surface area (Å²) in [5.41, 5.74) is 0.462. The molecule has 0 spiro atoms. The molecule has 0 amide bonds. The molecule has 2 aromatic rings. The first-order chi connectivity index (χ1) is 8.37.